The molecule has 4 aliphatic carbocycles. The zero-order valence-electron chi connectivity index (χ0n) is 34.5. The molecule has 2 heterocycles. The van der Waals surface area contributed by atoms with Crippen molar-refractivity contribution < 1.29 is 71.6 Å². The monoisotopic (exact) mass is 865 g/mol. The molecule has 4 saturated carbocycles. The van der Waals surface area contributed by atoms with E-state index in [9.17, 15) is 33.6 Å². The van der Waals surface area contributed by atoms with Crippen molar-refractivity contribution >= 4 is 59.0 Å². The van der Waals surface area contributed by atoms with E-state index in [2.05, 4.69) is 0 Å². The van der Waals surface area contributed by atoms with Crippen LogP contribution in [0.15, 0.2) is 42.0 Å². The number of methoxy groups -OCH3 is 1. The van der Waals surface area contributed by atoms with Crippen LogP contribution in [0.5, 0.6) is 5.75 Å². The predicted molar refractivity (Wildman–Crippen MR) is 211 cm³/mol. The molecule has 2 aromatic carbocycles. The van der Waals surface area contributed by atoms with E-state index < -0.39 is 79.0 Å². The number of esters is 4. The molecular weight excluding hydrogens is 818 g/mol. The first-order valence-corrected chi connectivity index (χ1v) is 20.7. The average Bonchev–Trinajstić information content (AvgIpc) is 3.50. The summed E-state index contributed by atoms with van der Waals surface area (Å²) in [5.41, 5.74) is 3.31. The van der Waals surface area contributed by atoms with Crippen LogP contribution in [0.1, 0.15) is 99.7 Å². The maximum atomic E-state index is 12.8. The summed E-state index contributed by atoms with van der Waals surface area (Å²) in [5, 5.41) is 0.642. The van der Waals surface area contributed by atoms with E-state index in [1.807, 2.05) is 6.07 Å². The van der Waals surface area contributed by atoms with Crippen LogP contribution in [0.25, 0.3) is 5.76 Å². The summed E-state index contributed by atoms with van der Waals surface area (Å²) in [5.74, 6) is -2.36. The summed E-state index contributed by atoms with van der Waals surface area (Å²) in [7, 11) is 1.61. The smallest absolute Gasteiger partial charge is 0.363 e. The van der Waals surface area contributed by atoms with Crippen molar-refractivity contribution in [2.75, 3.05) is 13.7 Å². The maximum Gasteiger partial charge on any atom is 0.363 e. The highest BCUT2D eigenvalue weighted by molar-refractivity contribution is 6.33. The lowest BCUT2D eigenvalue weighted by atomic mass is 9.54. The Bertz CT molecular complexity index is 2090. The Kier molecular flexibility index (Phi) is 13.0. The SMILES string of the molecule is COC(=C1C2CC3CC(C2)CC1C3)c1cc(Cc2ccc(C(=O)ON3C(=O)CCC3=O)cc2)cc(O[C@@H]2OC(COC(C)=O)[C@H](OC(C)=O)C(OC(C)=O)[C@@H]2OC(C)=O)c1Cl. The van der Waals surface area contributed by atoms with Crippen LogP contribution < -0.4 is 4.74 Å². The summed E-state index contributed by atoms with van der Waals surface area (Å²) in [6.45, 7) is 4.13. The number of nitrogens with zero attached hydrogens (tertiary/aromatic N) is 1. The maximum absolute atomic E-state index is 12.8. The summed E-state index contributed by atoms with van der Waals surface area (Å²) in [6.07, 6.45) is -1.45. The van der Waals surface area contributed by atoms with Crippen molar-refractivity contribution in [3.05, 3.63) is 69.2 Å². The van der Waals surface area contributed by atoms with Crippen LogP contribution in [-0.4, -0.2) is 91.1 Å². The molecule has 0 radical (unpaired) electrons. The minimum atomic E-state index is -1.55. The third-order valence-corrected chi connectivity index (χ3v) is 12.2. The van der Waals surface area contributed by atoms with Gasteiger partial charge in [-0.2, -0.15) is 0 Å². The molecular formula is C44H48ClNO15. The second kappa shape index (κ2) is 18.2. The minimum absolute atomic E-state index is 0.0304. The molecule has 326 valence electrons. The van der Waals surface area contributed by atoms with Crippen molar-refractivity contribution in [3.8, 4) is 5.75 Å². The van der Waals surface area contributed by atoms with Gasteiger partial charge < -0.3 is 38.0 Å². The molecule has 2 aliphatic heterocycles. The summed E-state index contributed by atoms with van der Waals surface area (Å²) >= 11 is 7.32. The van der Waals surface area contributed by atoms with Gasteiger partial charge in [-0.05, 0) is 103 Å². The fraction of sp³-hybridized carbons (Fsp3) is 0.523. The number of rotatable bonds is 13. The van der Waals surface area contributed by atoms with Gasteiger partial charge in [0.2, 0.25) is 12.4 Å². The molecule has 17 heteroatoms. The first kappa shape index (κ1) is 43.6. The van der Waals surface area contributed by atoms with Crippen molar-refractivity contribution in [2.24, 2.45) is 23.7 Å². The zero-order valence-corrected chi connectivity index (χ0v) is 35.2. The molecule has 0 spiro atoms. The third-order valence-electron chi connectivity index (χ3n) is 11.8. The Balaban J connectivity index is 1.27. The fourth-order valence-electron chi connectivity index (χ4n) is 9.65. The predicted octanol–water partition coefficient (Wildman–Crippen LogP) is 5.43. The lowest BCUT2D eigenvalue weighted by Crippen LogP contribution is -2.63. The van der Waals surface area contributed by atoms with Crippen molar-refractivity contribution in [3.63, 3.8) is 0 Å². The number of carbonyl (C=O) groups is 7. The van der Waals surface area contributed by atoms with Gasteiger partial charge in [-0.1, -0.05) is 23.7 Å². The van der Waals surface area contributed by atoms with Crippen LogP contribution in [-0.2, 0) is 68.4 Å². The van der Waals surface area contributed by atoms with E-state index >= 15 is 0 Å². The molecule has 61 heavy (non-hydrogen) atoms. The molecule has 6 aliphatic rings. The molecule has 2 aromatic rings. The van der Waals surface area contributed by atoms with Gasteiger partial charge in [0.15, 0.2) is 12.2 Å². The van der Waals surface area contributed by atoms with E-state index in [1.165, 1.54) is 31.1 Å². The van der Waals surface area contributed by atoms with Gasteiger partial charge in [0.1, 0.15) is 24.2 Å². The lowest BCUT2D eigenvalue weighted by Gasteiger charge is -2.51. The molecule has 8 rings (SSSR count). The lowest BCUT2D eigenvalue weighted by molar-refractivity contribution is -0.288. The normalized spacial score (nSPS) is 27.6. The molecule has 2 unspecified atom stereocenters. The van der Waals surface area contributed by atoms with Crippen molar-refractivity contribution in [1.29, 1.82) is 0 Å². The first-order valence-electron chi connectivity index (χ1n) is 20.3. The van der Waals surface area contributed by atoms with E-state index in [0.29, 0.717) is 45.6 Å². The number of benzene rings is 2. The van der Waals surface area contributed by atoms with Crippen molar-refractivity contribution in [1.82, 2.24) is 5.06 Å². The molecule has 16 nitrogen and oxygen atoms in total. The van der Waals surface area contributed by atoms with Gasteiger partial charge in [-0.25, -0.2) is 4.79 Å². The van der Waals surface area contributed by atoms with E-state index in [4.69, 9.17) is 49.6 Å². The first-order chi connectivity index (χ1) is 29.1. The Morgan fingerprint density at radius 3 is 1.87 bits per heavy atom. The number of hydrogen-bond donors (Lipinski definition) is 0. The number of amides is 2. The van der Waals surface area contributed by atoms with Gasteiger partial charge in [0.05, 0.1) is 17.7 Å². The minimum Gasteiger partial charge on any atom is -0.496 e. The van der Waals surface area contributed by atoms with Crippen LogP contribution >= 0.6 is 11.6 Å². The quantitative estimate of drug-likeness (QED) is 0.107. The van der Waals surface area contributed by atoms with E-state index in [0.717, 1.165) is 52.0 Å². The third kappa shape index (κ3) is 9.70. The molecule has 0 N–H and O–H groups in total. The second-order valence-corrected chi connectivity index (χ2v) is 16.6. The summed E-state index contributed by atoms with van der Waals surface area (Å²) < 4.78 is 41.1. The number of carbonyl (C=O) groups excluding carboxylic acids is 7. The highest BCUT2D eigenvalue weighted by Gasteiger charge is 2.54. The van der Waals surface area contributed by atoms with Crippen LogP contribution in [0.4, 0.5) is 0 Å². The van der Waals surface area contributed by atoms with Crippen LogP contribution in [0.2, 0.25) is 5.02 Å². The number of hydrogen-bond acceptors (Lipinski definition) is 15. The average molecular weight is 866 g/mol. The second-order valence-electron chi connectivity index (χ2n) is 16.3. The molecule has 0 aromatic heterocycles. The van der Waals surface area contributed by atoms with Gasteiger partial charge in [-0.15, -0.1) is 5.06 Å². The zero-order chi connectivity index (χ0) is 43.7. The highest BCUT2D eigenvalue weighted by atomic mass is 35.5. The number of allylic oxidation sites excluding steroid dienone is 1. The number of halogens is 1. The Hall–Kier alpha value is -5.48. The van der Waals surface area contributed by atoms with Crippen molar-refractivity contribution in [2.45, 2.75) is 110 Å². The number of hydroxylamine groups is 2. The Morgan fingerprint density at radius 2 is 1.31 bits per heavy atom. The van der Waals surface area contributed by atoms with E-state index in [-0.39, 0.29) is 35.6 Å². The number of imide groups is 1. The van der Waals surface area contributed by atoms with Gasteiger partial charge >= 0.3 is 29.8 Å². The largest absolute Gasteiger partial charge is 0.496 e. The Morgan fingerprint density at radius 1 is 0.738 bits per heavy atom. The van der Waals surface area contributed by atoms with Crippen LogP contribution in [0.3, 0.4) is 0 Å². The topological polar surface area (TPSA) is 197 Å². The number of ether oxygens (including phenoxy) is 7. The van der Waals surface area contributed by atoms with Gasteiger partial charge in [0.25, 0.3) is 11.8 Å². The molecule has 6 fully saturated rings. The summed E-state index contributed by atoms with van der Waals surface area (Å²) in [6, 6.07) is 10.0. The molecule has 5 atom stereocenters. The summed E-state index contributed by atoms with van der Waals surface area (Å²) in [4.78, 5) is 91.3. The van der Waals surface area contributed by atoms with Gasteiger partial charge in [0, 0.05) is 46.1 Å². The molecule has 4 bridgehead atoms. The van der Waals surface area contributed by atoms with Gasteiger partial charge in [-0.3, -0.25) is 28.8 Å². The molecule has 2 amide bonds. The fourth-order valence-corrected chi connectivity index (χ4v) is 9.89. The van der Waals surface area contributed by atoms with Crippen LogP contribution in [0, 0.1) is 23.7 Å². The van der Waals surface area contributed by atoms with E-state index in [1.54, 1.807) is 25.3 Å². The standard InChI is InChI=1S/C44H48ClNO15/c1-21(47)55-20-34-40(56-22(2)48)41(57-23(3)49)42(58-24(4)50)44(60-34)59-33-19-28(12-25-6-8-29(9-7-25)43(53)61-46-35(51)10-11-36(46)52)18-32(38(33)45)39(54-5)37-30-14-26-13-27(16-30)17-31(37)15-26/h6-9,18-19,26-27,30-31,34,40-42,44H,10-17,20H2,1-5H3/t26?,27?,30?,31?,34?,40-,41?,42-,44+/m0/s1. The molecule has 2 saturated heterocycles. The highest BCUT2D eigenvalue weighted by Crippen LogP contribution is 2.58. The Labute approximate surface area is 357 Å².